The van der Waals surface area contributed by atoms with Crippen LogP contribution in [-0.4, -0.2) is 20.8 Å². The summed E-state index contributed by atoms with van der Waals surface area (Å²) >= 11 is 1.65. The summed E-state index contributed by atoms with van der Waals surface area (Å²) in [5.74, 6) is 0.920. The van der Waals surface area contributed by atoms with Gasteiger partial charge in [0.25, 0.3) is 0 Å². The van der Waals surface area contributed by atoms with Gasteiger partial charge in [0.05, 0.1) is 0 Å². The lowest BCUT2D eigenvalue weighted by atomic mass is 10.1. The quantitative estimate of drug-likeness (QED) is 0.932. The van der Waals surface area contributed by atoms with E-state index in [4.69, 9.17) is 5.73 Å². The smallest absolute Gasteiger partial charge is 0.195 e. The van der Waals surface area contributed by atoms with E-state index >= 15 is 0 Å². The molecular weight excluding hydrogens is 256 g/mol. The third kappa shape index (κ3) is 3.36. The molecular formula is C14H20N4S. The van der Waals surface area contributed by atoms with E-state index in [1.807, 2.05) is 25.5 Å². The van der Waals surface area contributed by atoms with Crippen LogP contribution in [-0.2, 0) is 13.5 Å². The molecule has 5 heteroatoms. The Balaban J connectivity index is 2.31. The summed E-state index contributed by atoms with van der Waals surface area (Å²) in [6.07, 6.45) is 0.876. The molecule has 0 aliphatic heterocycles. The van der Waals surface area contributed by atoms with Crippen molar-refractivity contribution in [3.05, 3.63) is 35.2 Å². The van der Waals surface area contributed by atoms with Crippen LogP contribution in [0.5, 0.6) is 0 Å². The van der Waals surface area contributed by atoms with Gasteiger partial charge in [0.1, 0.15) is 5.82 Å². The highest BCUT2D eigenvalue weighted by Gasteiger charge is 2.11. The monoisotopic (exact) mass is 276 g/mol. The van der Waals surface area contributed by atoms with Gasteiger partial charge in [-0.2, -0.15) is 0 Å². The Morgan fingerprint density at radius 2 is 2.05 bits per heavy atom. The molecule has 0 saturated carbocycles. The number of aryl methyl sites for hydroxylation is 2. The number of nitrogens with two attached hydrogens (primary N) is 1. The average Bonchev–Trinajstić information content (AvgIpc) is 2.64. The number of nitrogens with zero attached hydrogens (tertiary/aromatic N) is 3. The highest BCUT2D eigenvalue weighted by molar-refractivity contribution is 7.99. The molecule has 0 spiro atoms. The fourth-order valence-electron chi connectivity index (χ4n) is 1.89. The number of hydrogen-bond acceptors (Lipinski definition) is 4. The summed E-state index contributed by atoms with van der Waals surface area (Å²) in [5.41, 5.74) is 8.47. The molecule has 1 heterocycles. The first-order valence-electron chi connectivity index (χ1n) is 6.36. The molecule has 1 atom stereocenters. The van der Waals surface area contributed by atoms with Gasteiger partial charge in [-0.15, -0.1) is 10.2 Å². The fraction of sp³-hybridized carbons (Fsp3) is 0.429. The number of benzene rings is 1. The second-order valence-electron chi connectivity index (χ2n) is 4.98. The lowest BCUT2D eigenvalue weighted by Gasteiger charge is -2.12. The van der Waals surface area contributed by atoms with E-state index in [1.165, 1.54) is 16.0 Å². The average molecular weight is 276 g/mol. The summed E-state index contributed by atoms with van der Waals surface area (Å²) in [5, 5.41) is 9.20. The van der Waals surface area contributed by atoms with Crippen LogP contribution in [0.4, 0.5) is 0 Å². The van der Waals surface area contributed by atoms with Gasteiger partial charge in [-0.05, 0) is 50.6 Å². The van der Waals surface area contributed by atoms with E-state index < -0.39 is 0 Å². The van der Waals surface area contributed by atoms with Crippen molar-refractivity contribution in [1.29, 1.82) is 0 Å². The Morgan fingerprint density at radius 3 is 2.63 bits per heavy atom. The highest BCUT2D eigenvalue weighted by atomic mass is 32.2. The third-order valence-electron chi connectivity index (χ3n) is 3.01. The first kappa shape index (κ1) is 14.1. The zero-order valence-electron chi connectivity index (χ0n) is 11.8. The maximum Gasteiger partial charge on any atom is 0.195 e. The molecule has 4 nitrogen and oxygen atoms in total. The van der Waals surface area contributed by atoms with E-state index in [-0.39, 0.29) is 6.04 Å². The minimum absolute atomic E-state index is 0.155. The van der Waals surface area contributed by atoms with Gasteiger partial charge in [0, 0.05) is 18.0 Å². The van der Waals surface area contributed by atoms with Crippen molar-refractivity contribution < 1.29 is 0 Å². The van der Waals surface area contributed by atoms with Crippen molar-refractivity contribution in [2.24, 2.45) is 12.8 Å². The minimum Gasteiger partial charge on any atom is -0.328 e. The van der Waals surface area contributed by atoms with Gasteiger partial charge in [-0.1, -0.05) is 17.7 Å². The highest BCUT2D eigenvalue weighted by Crippen LogP contribution is 2.30. The van der Waals surface area contributed by atoms with Crippen LogP contribution in [0.3, 0.4) is 0 Å². The predicted molar refractivity (Wildman–Crippen MR) is 78.4 cm³/mol. The summed E-state index contributed by atoms with van der Waals surface area (Å²) in [6.45, 7) is 6.09. The summed E-state index contributed by atoms with van der Waals surface area (Å²) in [7, 11) is 1.98. The maximum absolute atomic E-state index is 5.93. The van der Waals surface area contributed by atoms with Crippen LogP contribution < -0.4 is 5.73 Å². The molecule has 0 amide bonds. The predicted octanol–water partition coefficient (Wildman–Crippen LogP) is 2.47. The number of rotatable bonds is 4. The van der Waals surface area contributed by atoms with Crippen molar-refractivity contribution in [3.63, 3.8) is 0 Å². The van der Waals surface area contributed by atoms with E-state index in [0.717, 1.165) is 17.4 Å². The van der Waals surface area contributed by atoms with Gasteiger partial charge in [0.15, 0.2) is 5.16 Å². The molecule has 1 aromatic heterocycles. The molecule has 0 radical (unpaired) electrons. The zero-order valence-corrected chi connectivity index (χ0v) is 12.7. The van der Waals surface area contributed by atoms with Crippen molar-refractivity contribution in [3.8, 4) is 0 Å². The van der Waals surface area contributed by atoms with E-state index in [1.54, 1.807) is 11.8 Å². The van der Waals surface area contributed by atoms with Crippen molar-refractivity contribution in [2.45, 2.75) is 43.3 Å². The van der Waals surface area contributed by atoms with Gasteiger partial charge < -0.3 is 10.3 Å². The van der Waals surface area contributed by atoms with Gasteiger partial charge in [-0.3, -0.25) is 0 Å². The van der Waals surface area contributed by atoms with Crippen LogP contribution in [0, 0.1) is 13.8 Å². The molecule has 1 unspecified atom stereocenters. The van der Waals surface area contributed by atoms with E-state index in [2.05, 4.69) is 35.3 Å². The summed E-state index contributed by atoms with van der Waals surface area (Å²) < 4.78 is 2.00. The Morgan fingerprint density at radius 1 is 1.32 bits per heavy atom. The molecule has 2 rings (SSSR count). The Kier molecular flexibility index (Phi) is 4.27. The standard InChI is InChI=1S/C14H20N4S/c1-9-5-6-13(12(7-9)8-10(2)15)19-14-17-16-11(3)18(14)4/h5-7,10H,8,15H2,1-4H3. The van der Waals surface area contributed by atoms with Crippen molar-refractivity contribution in [1.82, 2.24) is 14.8 Å². The number of aromatic nitrogens is 3. The lowest BCUT2D eigenvalue weighted by molar-refractivity contribution is 0.727. The molecule has 0 aliphatic rings. The van der Waals surface area contributed by atoms with Crippen molar-refractivity contribution >= 4 is 11.8 Å². The second kappa shape index (κ2) is 5.75. The maximum atomic E-state index is 5.93. The van der Waals surface area contributed by atoms with Crippen LogP contribution in [0.2, 0.25) is 0 Å². The van der Waals surface area contributed by atoms with Crippen LogP contribution in [0.15, 0.2) is 28.3 Å². The van der Waals surface area contributed by atoms with Gasteiger partial charge in [0.2, 0.25) is 0 Å². The number of hydrogen-bond donors (Lipinski definition) is 1. The summed E-state index contributed by atoms with van der Waals surface area (Å²) in [4.78, 5) is 1.21. The first-order valence-corrected chi connectivity index (χ1v) is 7.18. The normalized spacial score (nSPS) is 12.7. The Labute approximate surface area is 118 Å². The largest absolute Gasteiger partial charge is 0.328 e. The Hall–Kier alpha value is -1.33. The molecule has 0 fully saturated rings. The minimum atomic E-state index is 0.155. The molecule has 2 N–H and O–H groups in total. The van der Waals surface area contributed by atoms with Crippen LogP contribution >= 0.6 is 11.8 Å². The topological polar surface area (TPSA) is 56.7 Å². The molecule has 0 bridgehead atoms. The van der Waals surface area contributed by atoms with Crippen molar-refractivity contribution in [2.75, 3.05) is 0 Å². The van der Waals surface area contributed by atoms with Crippen LogP contribution in [0.25, 0.3) is 0 Å². The SMILES string of the molecule is Cc1ccc(Sc2nnc(C)n2C)c(CC(C)N)c1. The van der Waals surface area contributed by atoms with E-state index in [9.17, 15) is 0 Å². The second-order valence-corrected chi connectivity index (χ2v) is 5.99. The van der Waals surface area contributed by atoms with E-state index in [0.29, 0.717) is 0 Å². The molecule has 0 saturated heterocycles. The molecule has 102 valence electrons. The summed E-state index contributed by atoms with van der Waals surface area (Å²) in [6, 6.07) is 6.62. The lowest BCUT2D eigenvalue weighted by Crippen LogP contribution is -2.18. The molecule has 1 aromatic carbocycles. The Bertz CT molecular complexity index is 575. The van der Waals surface area contributed by atoms with Gasteiger partial charge in [-0.25, -0.2) is 0 Å². The fourth-order valence-corrected chi connectivity index (χ4v) is 2.85. The molecule has 19 heavy (non-hydrogen) atoms. The zero-order chi connectivity index (χ0) is 14.0. The third-order valence-corrected chi connectivity index (χ3v) is 4.17. The van der Waals surface area contributed by atoms with Crippen LogP contribution in [0.1, 0.15) is 23.9 Å². The first-order chi connectivity index (χ1) is 8.97. The molecule has 0 aliphatic carbocycles. The van der Waals surface area contributed by atoms with Gasteiger partial charge >= 0.3 is 0 Å². The molecule has 2 aromatic rings.